The minimum absolute atomic E-state index is 0.00536. The average Bonchev–Trinajstić information content (AvgIpc) is 2.43. The smallest absolute Gasteiger partial charge is 0.336 e. The number of anilines is 1. The van der Waals surface area contributed by atoms with Crippen molar-refractivity contribution >= 4 is 23.3 Å². The first-order valence-corrected chi connectivity index (χ1v) is 6.83. The number of carbonyl (C=O) groups is 3. The summed E-state index contributed by atoms with van der Waals surface area (Å²) in [6.07, 6.45) is 1.97. The summed E-state index contributed by atoms with van der Waals surface area (Å²) in [7, 11) is 0. The first-order chi connectivity index (χ1) is 9.86. The predicted molar refractivity (Wildman–Crippen MR) is 79.3 cm³/mol. The molecule has 1 rings (SSSR count). The predicted octanol–water partition coefficient (Wildman–Crippen LogP) is 1.84. The number of nitrogens with one attached hydrogen (secondary N) is 1. The van der Waals surface area contributed by atoms with Crippen LogP contribution in [0.25, 0.3) is 0 Å². The molecule has 6 nitrogen and oxygen atoms in total. The molecule has 0 aliphatic rings. The van der Waals surface area contributed by atoms with Crippen molar-refractivity contribution in [2.45, 2.75) is 39.2 Å². The molecule has 0 heterocycles. The molecule has 0 unspecified atom stereocenters. The van der Waals surface area contributed by atoms with Gasteiger partial charge >= 0.3 is 5.97 Å². The van der Waals surface area contributed by atoms with E-state index >= 15 is 0 Å². The van der Waals surface area contributed by atoms with Crippen molar-refractivity contribution < 1.29 is 19.5 Å². The van der Waals surface area contributed by atoms with Crippen LogP contribution in [0.3, 0.4) is 0 Å². The molecule has 1 atom stereocenters. The van der Waals surface area contributed by atoms with Crippen LogP contribution in [0.2, 0.25) is 0 Å². The highest BCUT2D eigenvalue weighted by molar-refractivity contribution is 6.09. The molecular weight excluding hydrogens is 272 g/mol. The molecule has 0 saturated carbocycles. The number of hydrogen-bond donors (Lipinski definition) is 3. The van der Waals surface area contributed by atoms with Gasteiger partial charge in [0.25, 0.3) is 0 Å². The van der Waals surface area contributed by atoms with Gasteiger partial charge in [-0.25, -0.2) is 4.79 Å². The maximum absolute atomic E-state index is 12.3. The normalized spacial score (nSPS) is 11.7. The summed E-state index contributed by atoms with van der Waals surface area (Å²) in [5.74, 6) is -1.90. The average molecular weight is 292 g/mol. The van der Waals surface area contributed by atoms with Crippen LogP contribution in [-0.2, 0) is 4.79 Å². The second-order valence-corrected chi connectivity index (χ2v) is 4.87. The van der Waals surface area contributed by atoms with Gasteiger partial charge in [-0.3, -0.25) is 9.59 Å². The van der Waals surface area contributed by atoms with Gasteiger partial charge in [-0.15, -0.1) is 0 Å². The van der Waals surface area contributed by atoms with Crippen molar-refractivity contribution in [3.63, 3.8) is 0 Å². The van der Waals surface area contributed by atoms with Crippen LogP contribution in [0.15, 0.2) is 18.2 Å². The molecule has 0 fully saturated rings. The summed E-state index contributed by atoms with van der Waals surface area (Å²) in [4.78, 5) is 35.1. The van der Waals surface area contributed by atoms with Gasteiger partial charge in [0.05, 0.1) is 11.6 Å². The van der Waals surface area contributed by atoms with E-state index in [0.29, 0.717) is 12.1 Å². The second-order valence-electron chi connectivity index (χ2n) is 4.87. The van der Waals surface area contributed by atoms with E-state index in [4.69, 9.17) is 10.8 Å². The van der Waals surface area contributed by atoms with Crippen LogP contribution in [-0.4, -0.2) is 28.8 Å². The number of hydrogen-bond acceptors (Lipinski definition) is 4. The zero-order valence-corrected chi connectivity index (χ0v) is 12.2. The fraction of sp³-hybridized carbons (Fsp3) is 0.400. The Morgan fingerprint density at radius 2 is 1.95 bits per heavy atom. The maximum Gasteiger partial charge on any atom is 0.336 e. The third-order valence-electron chi connectivity index (χ3n) is 3.07. The minimum Gasteiger partial charge on any atom is -0.478 e. The molecule has 21 heavy (non-hydrogen) atoms. The standard InChI is InChI=1S/C15H20N2O4/c1-3-4-5-13(18)17-9(2)14(19)12-8-10(16)6-7-11(12)15(20)21/h6-9H,3-5,16H2,1-2H3,(H,17,18)(H,20,21)/t9-/m0/s1. The van der Waals surface area contributed by atoms with Crippen molar-refractivity contribution in [2.24, 2.45) is 0 Å². The first kappa shape index (κ1) is 16.7. The molecule has 1 aromatic rings. The van der Waals surface area contributed by atoms with Crippen molar-refractivity contribution in [3.8, 4) is 0 Å². The van der Waals surface area contributed by atoms with Crippen LogP contribution in [0, 0.1) is 0 Å². The first-order valence-electron chi connectivity index (χ1n) is 6.83. The highest BCUT2D eigenvalue weighted by Gasteiger charge is 2.22. The molecule has 0 aromatic heterocycles. The fourth-order valence-corrected chi connectivity index (χ4v) is 1.90. The molecule has 1 amide bonds. The van der Waals surface area contributed by atoms with Gasteiger partial charge in [-0.05, 0) is 31.5 Å². The van der Waals surface area contributed by atoms with Crippen molar-refractivity contribution in [1.29, 1.82) is 0 Å². The molecule has 0 bridgehead atoms. The molecule has 0 aliphatic carbocycles. The number of carboxylic acid groups (broad SMARTS) is 1. The van der Waals surface area contributed by atoms with Crippen LogP contribution < -0.4 is 11.1 Å². The Hall–Kier alpha value is -2.37. The van der Waals surface area contributed by atoms with Crippen molar-refractivity contribution in [3.05, 3.63) is 29.3 Å². The number of nitrogen functional groups attached to an aromatic ring is 1. The SMILES string of the molecule is CCCCC(=O)N[C@@H](C)C(=O)c1cc(N)ccc1C(=O)O. The zero-order chi connectivity index (χ0) is 16.0. The van der Waals surface area contributed by atoms with E-state index in [0.717, 1.165) is 12.8 Å². The quantitative estimate of drug-likeness (QED) is 0.525. The molecule has 0 aliphatic heterocycles. The number of amides is 1. The van der Waals surface area contributed by atoms with E-state index in [2.05, 4.69) is 5.32 Å². The lowest BCUT2D eigenvalue weighted by Crippen LogP contribution is -2.39. The van der Waals surface area contributed by atoms with E-state index in [-0.39, 0.29) is 17.0 Å². The molecule has 0 saturated heterocycles. The summed E-state index contributed by atoms with van der Waals surface area (Å²) >= 11 is 0. The van der Waals surface area contributed by atoms with E-state index < -0.39 is 17.8 Å². The maximum atomic E-state index is 12.3. The van der Waals surface area contributed by atoms with E-state index in [1.807, 2.05) is 6.92 Å². The summed E-state index contributed by atoms with van der Waals surface area (Å²) < 4.78 is 0. The zero-order valence-electron chi connectivity index (χ0n) is 12.2. The van der Waals surface area contributed by atoms with Gasteiger partial charge in [0.15, 0.2) is 5.78 Å². The van der Waals surface area contributed by atoms with Gasteiger partial charge in [0.2, 0.25) is 5.91 Å². The number of rotatable bonds is 7. The molecule has 4 N–H and O–H groups in total. The van der Waals surface area contributed by atoms with E-state index in [1.54, 1.807) is 0 Å². The Labute approximate surface area is 123 Å². The molecule has 114 valence electrons. The van der Waals surface area contributed by atoms with Gasteiger partial charge in [0, 0.05) is 17.7 Å². The van der Waals surface area contributed by atoms with Crippen LogP contribution in [0.1, 0.15) is 53.8 Å². The van der Waals surface area contributed by atoms with Gasteiger partial charge in [-0.2, -0.15) is 0 Å². The molecular formula is C15H20N2O4. The Morgan fingerprint density at radius 3 is 2.52 bits per heavy atom. The summed E-state index contributed by atoms with van der Waals surface area (Å²) in [5.41, 5.74) is 5.78. The molecule has 0 radical (unpaired) electrons. The second kappa shape index (κ2) is 7.42. The molecule has 0 spiro atoms. The topological polar surface area (TPSA) is 109 Å². The number of nitrogens with two attached hydrogens (primary N) is 1. The Balaban J connectivity index is 2.90. The van der Waals surface area contributed by atoms with Crippen LogP contribution >= 0.6 is 0 Å². The monoisotopic (exact) mass is 292 g/mol. The van der Waals surface area contributed by atoms with E-state index in [9.17, 15) is 14.4 Å². The molecule has 6 heteroatoms. The van der Waals surface area contributed by atoms with Gasteiger partial charge < -0.3 is 16.2 Å². The summed E-state index contributed by atoms with van der Waals surface area (Å²) in [6, 6.07) is 3.23. The lowest BCUT2D eigenvalue weighted by Gasteiger charge is -2.14. The summed E-state index contributed by atoms with van der Waals surface area (Å²) in [5, 5.41) is 11.7. The lowest BCUT2D eigenvalue weighted by molar-refractivity contribution is -0.121. The number of benzene rings is 1. The third-order valence-corrected chi connectivity index (χ3v) is 3.07. The number of aromatic carboxylic acids is 1. The largest absolute Gasteiger partial charge is 0.478 e. The summed E-state index contributed by atoms with van der Waals surface area (Å²) in [6.45, 7) is 3.49. The Morgan fingerprint density at radius 1 is 1.29 bits per heavy atom. The highest BCUT2D eigenvalue weighted by Crippen LogP contribution is 2.16. The minimum atomic E-state index is -1.21. The Kier molecular flexibility index (Phi) is 5.90. The third kappa shape index (κ3) is 4.59. The highest BCUT2D eigenvalue weighted by atomic mass is 16.4. The van der Waals surface area contributed by atoms with Crippen molar-refractivity contribution in [2.75, 3.05) is 5.73 Å². The number of carbonyl (C=O) groups excluding carboxylic acids is 2. The fourth-order valence-electron chi connectivity index (χ4n) is 1.90. The Bertz CT molecular complexity index is 555. The van der Waals surface area contributed by atoms with E-state index in [1.165, 1.54) is 25.1 Å². The van der Waals surface area contributed by atoms with Crippen LogP contribution in [0.4, 0.5) is 5.69 Å². The number of Topliss-reactive ketones (excluding diaryl/α,β-unsaturated/α-hetero) is 1. The van der Waals surface area contributed by atoms with Crippen LogP contribution in [0.5, 0.6) is 0 Å². The van der Waals surface area contributed by atoms with Gasteiger partial charge in [0.1, 0.15) is 0 Å². The number of unbranched alkanes of at least 4 members (excludes halogenated alkanes) is 1. The molecule has 1 aromatic carbocycles. The van der Waals surface area contributed by atoms with Crippen molar-refractivity contribution in [1.82, 2.24) is 5.32 Å². The number of carboxylic acids is 1. The van der Waals surface area contributed by atoms with Gasteiger partial charge in [-0.1, -0.05) is 13.3 Å². The number of ketones is 1. The lowest BCUT2D eigenvalue weighted by atomic mass is 9.98.